The molecule has 2 amide bonds. The van der Waals surface area contributed by atoms with Crippen molar-refractivity contribution in [3.8, 4) is 0 Å². The Labute approximate surface area is 101 Å². The van der Waals surface area contributed by atoms with Crippen molar-refractivity contribution in [3.63, 3.8) is 0 Å². The molecule has 0 saturated carbocycles. The fourth-order valence-electron chi connectivity index (χ4n) is 0.881. The maximum Gasteiger partial charge on any atom is 0.478 e. The van der Waals surface area contributed by atoms with Crippen LogP contribution in [0.4, 0.5) is 0 Å². The topological polar surface area (TPSA) is 162 Å². The first-order chi connectivity index (χ1) is 7.96. The van der Waals surface area contributed by atoms with E-state index in [-0.39, 0.29) is 11.8 Å². The van der Waals surface area contributed by atoms with E-state index in [1.807, 2.05) is 0 Å². The number of amides is 2. The molecule has 104 valence electrons. The Morgan fingerprint density at radius 1 is 1.06 bits per heavy atom. The maximum absolute atomic E-state index is 10.6. The van der Waals surface area contributed by atoms with E-state index < -0.39 is 15.6 Å². The minimum atomic E-state index is -5.05. The van der Waals surface area contributed by atoms with Crippen LogP contribution in [-0.2, 0) is 23.0 Å². The van der Waals surface area contributed by atoms with Gasteiger partial charge < -0.3 is 19.6 Å². The molecule has 4 N–H and O–H groups in total. The van der Waals surface area contributed by atoms with E-state index in [1.54, 1.807) is 6.92 Å². The SMILES string of the molecule is CCN1C(=O)C=CC1=O.O=P(O)(O)OP(=O)(O)O. The van der Waals surface area contributed by atoms with Gasteiger partial charge in [0, 0.05) is 18.7 Å². The first kappa shape index (κ1) is 17.1. The summed E-state index contributed by atoms with van der Waals surface area (Å²) >= 11 is 0. The van der Waals surface area contributed by atoms with E-state index in [9.17, 15) is 18.7 Å². The number of phosphoric acid groups is 2. The van der Waals surface area contributed by atoms with Gasteiger partial charge in [-0.05, 0) is 6.92 Å². The van der Waals surface area contributed by atoms with Crippen molar-refractivity contribution >= 4 is 27.5 Å². The van der Waals surface area contributed by atoms with Crippen molar-refractivity contribution in [2.45, 2.75) is 6.92 Å². The second-order valence-corrected chi connectivity index (χ2v) is 5.43. The van der Waals surface area contributed by atoms with Crippen LogP contribution in [0.1, 0.15) is 6.92 Å². The third kappa shape index (κ3) is 7.46. The number of hydrogen-bond donors (Lipinski definition) is 4. The predicted octanol–water partition coefficient (Wildman–Crippen LogP) is -0.880. The van der Waals surface area contributed by atoms with Crippen molar-refractivity contribution in [2.24, 2.45) is 0 Å². The molecule has 1 aliphatic heterocycles. The van der Waals surface area contributed by atoms with Crippen LogP contribution in [0, 0.1) is 0 Å². The van der Waals surface area contributed by atoms with Crippen LogP contribution in [-0.4, -0.2) is 42.8 Å². The zero-order chi connectivity index (χ0) is 14.6. The highest BCUT2D eigenvalue weighted by Crippen LogP contribution is 2.53. The summed E-state index contributed by atoms with van der Waals surface area (Å²) in [6.45, 7) is 2.23. The van der Waals surface area contributed by atoms with Gasteiger partial charge in [0.15, 0.2) is 0 Å². The molecule has 10 nitrogen and oxygen atoms in total. The standard InChI is InChI=1S/C6H7NO2.H4O7P2/c1-2-7-5(8)3-4-6(7)9;1-8(2,3)7-9(4,5)6/h3-4H,2H2,1H3;(H2,1,2,3)(H2,4,5,6). The molecule has 0 saturated heterocycles. The Kier molecular flexibility index (Phi) is 6.05. The highest BCUT2D eigenvalue weighted by Gasteiger charge is 2.27. The molecule has 0 radical (unpaired) electrons. The summed E-state index contributed by atoms with van der Waals surface area (Å²) in [6, 6.07) is 0. The molecule has 0 aliphatic carbocycles. The monoisotopic (exact) mass is 303 g/mol. The molecule has 0 unspecified atom stereocenters. The normalized spacial score (nSPS) is 15.7. The van der Waals surface area contributed by atoms with Crippen molar-refractivity contribution in [1.29, 1.82) is 0 Å². The molecule has 0 spiro atoms. The van der Waals surface area contributed by atoms with Gasteiger partial charge in [-0.3, -0.25) is 14.5 Å². The van der Waals surface area contributed by atoms with E-state index in [0.29, 0.717) is 6.54 Å². The summed E-state index contributed by atoms with van der Waals surface area (Å²) in [5.74, 6) is -0.412. The number of carbonyl (C=O) groups excluding carboxylic acids is 2. The molecule has 12 heteroatoms. The Balaban J connectivity index is 0.000000321. The minimum absolute atomic E-state index is 0.206. The van der Waals surface area contributed by atoms with Crippen LogP contribution < -0.4 is 0 Å². The maximum atomic E-state index is 10.6. The second kappa shape index (κ2) is 6.35. The highest BCUT2D eigenvalue weighted by molar-refractivity contribution is 7.60. The molecule has 0 atom stereocenters. The first-order valence-corrected chi connectivity index (χ1v) is 7.38. The molecule has 0 bridgehead atoms. The van der Waals surface area contributed by atoms with Gasteiger partial charge in [0.2, 0.25) is 0 Å². The van der Waals surface area contributed by atoms with Gasteiger partial charge in [0.1, 0.15) is 0 Å². The van der Waals surface area contributed by atoms with Crippen LogP contribution in [0.3, 0.4) is 0 Å². The number of likely N-dealkylation sites (N-methyl/N-ethyl adjacent to an activating group) is 1. The fraction of sp³-hybridized carbons (Fsp3) is 0.333. The Morgan fingerprint density at radius 2 is 1.39 bits per heavy atom. The number of imide groups is 1. The summed E-state index contributed by atoms with van der Waals surface area (Å²) in [5.41, 5.74) is 0. The molecule has 1 rings (SSSR count). The van der Waals surface area contributed by atoms with Crippen molar-refractivity contribution in [3.05, 3.63) is 12.2 Å². The Bertz CT molecular complexity index is 408. The van der Waals surface area contributed by atoms with Crippen LogP contribution >= 0.6 is 15.6 Å². The Morgan fingerprint density at radius 3 is 1.50 bits per heavy atom. The predicted molar refractivity (Wildman–Crippen MR) is 56.7 cm³/mol. The fourth-order valence-corrected chi connectivity index (χ4v) is 1.99. The summed E-state index contributed by atoms with van der Waals surface area (Å²) < 4.78 is 22.2. The lowest BCUT2D eigenvalue weighted by Crippen LogP contribution is -2.29. The lowest BCUT2D eigenvalue weighted by Gasteiger charge is -2.08. The smallest absolute Gasteiger partial charge is 0.302 e. The zero-order valence-corrected chi connectivity index (χ0v) is 10.8. The number of rotatable bonds is 3. The molecule has 18 heavy (non-hydrogen) atoms. The summed E-state index contributed by atoms with van der Waals surface area (Å²) in [6.07, 6.45) is 2.57. The molecule has 1 aliphatic rings. The van der Waals surface area contributed by atoms with Crippen LogP contribution in [0.15, 0.2) is 12.2 Å². The van der Waals surface area contributed by atoms with Crippen molar-refractivity contribution < 1.29 is 42.6 Å². The lowest BCUT2D eigenvalue weighted by atomic mass is 10.5. The van der Waals surface area contributed by atoms with Gasteiger partial charge in [-0.2, -0.15) is 4.31 Å². The molecule has 1 heterocycles. The van der Waals surface area contributed by atoms with Gasteiger partial charge in [-0.1, -0.05) is 0 Å². The van der Waals surface area contributed by atoms with E-state index >= 15 is 0 Å². The van der Waals surface area contributed by atoms with E-state index in [2.05, 4.69) is 4.31 Å². The van der Waals surface area contributed by atoms with E-state index in [1.165, 1.54) is 17.1 Å². The summed E-state index contributed by atoms with van der Waals surface area (Å²) in [7, 11) is -10.1. The van der Waals surface area contributed by atoms with Gasteiger partial charge in [0.25, 0.3) is 11.8 Å². The quantitative estimate of drug-likeness (QED) is 0.383. The first-order valence-electron chi connectivity index (χ1n) is 4.32. The molecule has 0 aromatic carbocycles. The second-order valence-electron chi connectivity index (χ2n) is 2.82. The van der Waals surface area contributed by atoms with Gasteiger partial charge in [0.05, 0.1) is 0 Å². The lowest BCUT2D eigenvalue weighted by molar-refractivity contribution is -0.136. The molecule has 0 fully saturated rings. The van der Waals surface area contributed by atoms with Gasteiger partial charge in [-0.15, -0.1) is 0 Å². The average Bonchev–Trinajstić information content (AvgIpc) is 2.40. The number of carbonyl (C=O) groups is 2. The largest absolute Gasteiger partial charge is 0.478 e. The number of hydrogen-bond acceptors (Lipinski definition) is 5. The summed E-state index contributed by atoms with van der Waals surface area (Å²) in [4.78, 5) is 53.4. The molecular weight excluding hydrogens is 292 g/mol. The summed E-state index contributed by atoms with van der Waals surface area (Å²) in [5, 5.41) is 0. The molecule has 0 aromatic heterocycles. The van der Waals surface area contributed by atoms with Gasteiger partial charge >= 0.3 is 15.6 Å². The van der Waals surface area contributed by atoms with E-state index in [0.717, 1.165) is 0 Å². The van der Waals surface area contributed by atoms with Crippen molar-refractivity contribution in [1.82, 2.24) is 4.90 Å². The highest BCUT2D eigenvalue weighted by atomic mass is 31.3. The Hall–Kier alpha value is -0.860. The molecular formula is C6H11NO9P2. The minimum Gasteiger partial charge on any atom is -0.302 e. The van der Waals surface area contributed by atoms with Crippen LogP contribution in [0.2, 0.25) is 0 Å². The van der Waals surface area contributed by atoms with Crippen LogP contribution in [0.25, 0.3) is 0 Å². The third-order valence-electron chi connectivity index (χ3n) is 1.43. The zero-order valence-electron chi connectivity index (χ0n) is 9.03. The molecule has 0 aromatic rings. The van der Waals surface area contributed by atoms with Gasteiger partial charge in [-0.25, -0.2) is 9.13 Å². The average molecular weight is 303 g/mol. The van der Waals surface area contributed by atoms with E-state index in [4.69, 9.17) is 19.6 Å². The van der Waals surface area contributed by atoms with Crippen LogP contribution in [0.5, 0.6) is 0 Å². The van der Waals surface area contributed by atoms with Crippen molar-refractivity contribution in [2.75, 3.05) is 6.54 Å². The number of nitrogens with zero attached hydrogens (tertiary/aromatic N) is 1. The third-order valence-corrected chi connectivity index (χ3v) is 3.13.